The van der Waals surface area contributed by atoms with E-state index in [0.29, 0.717) is 0 Å². The molecule has 28 heavy (non-hydrogen) atoms. The zero-order chi connectivity index (χ0) is 21.1. The van der Waals surface area contributed by atoms with E-state index in [1.807, 2.05) is 0 Å². The average Bonchev–Trinajstić information content (AvgIpc) is 2.60. The Morgan fingerprint density at radius 1 is 1.07 bits per heavy atom. The van der Waals surface area contributed by atoms with Crippen LogP contribution in [0.1, 0.15) is 22.8 Å². The number of hydrogen-bond acceptors (Lipinski definition) is 5. The zero-order valence-electron chi connectivity index (χ0n) is 14.8. The minimum Gasteiger partial charge on any atom is -0.449 e. The molecule has 0 bridgehead atoms. The molecule has 1 amide bonds. The lowest BCUT2D eigenvalue weighted by Gasteiger charge is -2.15. The van der Waals surface area contributed by atoms with Gasteiger partial charge in [-0.25, -0.2) is 13.2 Å². The monoisotopic (exact) mass is 415 g/mol. The van der Waals surface area contributed by atoms with Crippen LogP contribution in [0.25, 0.3) is 0 Å². The molecule has 0 spiro atoms. The SMILES string of the molecule is C[C@@H](OC(=O)c1cccc(S(C)(=O)=O)c1)C(=O)Nc1cccc(C(F)(F)F)c1. The molecule has 150 valence electrons. The van der Waals surface area contributed by atoms with E-state index in [-0.39, 0.29) is 16.1 Å². The Hall–Kier alpha value is -2.88. The number of amides is 1. The smallest absolute Gasteiger partial charge is 0.416 e. The molecule has 1 N–H and O–H groups in total. The largest absolute Gasteiger partial charge is 0.449 e. The van der Waals surface area contributed by atoms with Crippen LogP contribution in [0.15, 0.2) is 53.4 Å². The molecule has 2 aromatic carbocycles. The summed E-state index contributed by atoms with van der Waals surface area (Å²) < 4.78 is 66.2. The van der Waals surface area contributed by atoms with Crippen molar-refractivity contribution in [2.75, 3.05) is 11.6 Å². The van der Waals surface area contributed by atoms with Gasteiger partial charge >= 0.3 is 12.1 Å². The normalized spacial score (nSPS) is 12.9. The summed E-state index contributed by atoms with van der Waals surface area (Å²) in [5.41, 5.74) is -1.13. The van der Waals surface area contributed by atoms with Gasteiger partial charge in [0.05, 0.1) is 16.0 Å². The molecule has 2 rings (SSSR count). The molecule has 10 heteroatoms. The van der Waals surface area contributed by atoms with Crippen LogP contribution in [0.5, 0.6) is 0 Å². The lowest BCUT2D eigenvalue weighted by Crippen LogP contribution is -2.30. The quantitative estimate of drug-likeness (QED) is 0.757. The van der Waals surface area contributed by atoms with Crippen LogP contribution in [0, 0.1) is 0 Å². The van der Waals surface area contributed by atoms with Gasteiger partial charge in [-0.2, -0.15) is 13.2 Å². The number of hydrogen-bond donors (Lipinski definition) is 1. The molecule has 0 heterocycles. The van der Waals surface area contributed by atoms with Crippen LogP contribution in [0.2, 0.25) is 0 Å². The van der Waals surface area contributed by atoms with Crippen molar-refractivity contribution in [2.45, 2.75) is 24.1 Å². The van der Waals surface area contributed by atoms with Crippen LogP contribution in [0.3, 0.4) is 0 Å². The number of sulfone groups is 1. The summed E-state index contributed by atoms with van der Waals surface area (Å²) in [5, 5.41) is 2.23. The fourth-order valence-electron chi connectivity index (χ4n) is 2.15. The van der Waals surface area contributed by atoms with Crippen molar-refractivity contribution < 1.29 is 35.9 Å². The summed E-state index contributed by atoms with van der Waals surface area (Å²) in [4.78, 5) is 24.1. The molecule has 0 aromatic heterocycles. The first kappa shape index (κ1) is 21.4. The first-order valence-corrected chi connectivity index (χ1v) is 9.76. The van der Waals surface area contributed by atoms with E-state index in [0.717, 1.165) is 30.5 Å². The van der Waals surface area contributed by atoms with E-state index in [1.54, 1.807) is 0 Å². The van der Waals surface area contributed by atoms with Gasteiger partial charge in [0.1, 0.15) is 0 Å². The van der Waals surface area contributed by atoms with E-state index in [1.165, 1.54) is 31.2 Å². The van der Waals surface area contributed by atoms with Crippen LogP contribution in [-0.4, -0.2) is 32.7 Å². The first-order chi connectivity index (χ1) is 12.9. The number of carbonyl (C=O) groups excluding carboxylic acids is 2. The third kappa shape index (κ3) is 5.56. The van der Waals surface area contributed by atoms with E-state index in [9.17, 15) is 31.2 Å². The predicted molar refractivity (Wildman–Crippen MR) is 94.5 cm³/mol. The Kier molecular flexibility index (Phi) is 6.13. The van der Waals surface area contributed by atoms with Crippen LogP contribution in [-0.2, 0) is 25.5 Å². The van der Waals surface area contributed by atoms with Gasteiger partial charge in [0, 0.05) is 11.9 Å². The molecule has 0 aliphatic carbocycles. The number of nitrogens with one attached hydrogen (secondary N) is 1. The number of ether oxygens (including phenoxy) is 1. The fourth-order valence-corrected chi connectivity index (χ4v) is 2.82. The van der Waals surface area contributed by atoms with Crippen LogP contribution >= 0.6 is 0 Å². The Morgan fingerprint density at radius 2 is 1.71 bits per heavy atom. The number of carbonyl (C=O) groups is 2. The molecule has 6 nitrogen and oxygen atoms in total. The molecule has 1 atom stereocenters. The fraction of sp³-hybridized carbons (Fsp3) is 0.222. The highest BCUT2D eigenvalue weighted by Gasteiger charge is 2.30. The van der Waals surface area contributed by atoms with Crippen molar-refractivity contribution >= 4 is 27.4 Å². The first-order valence-electron chi connectivity index (χ1n) is 7.87. The third-order valence-corrected chi connectivity index (χ3v) is 4.72. The van der Waals surface area contributed by atoms with Gasteiger partial charge in [0.25, 0.3) is 5.91 Å². The highest BCUT2D eigenvalue weighted by atomic mass is 32.2. The standard InChI is InChI=1S/C18H16F3NO5S/c1-11(16(23)22-14-7-4-6-13(10-14)18(19,20)21)27-17(24)12-5-3-8-15(9-12)28(2,25)26/h3-11H,1-2H3,(H,22,23)/t11-/m1/s1. The summed E-state index contributed by atoms with van der Waals surface area (Å²) >= 11 is 0. The minimum absolute atomic E-state index is 0.0818. The Bertz CT molecular complexity index is 1000. The molecule has 0 saturated carbocycles. The van der Waals surface area contributed by atoms with Gasteiger partial charge in [-0.05, 0) is 43.3 Å². The van der Waals surface area contributed by atoms with Crippen molar-refractivity contribution in [3.63, 3.8) is 0 Å². The van der Waals surface area contributed by atoms with Crippen molar-refractivity contribution in [3.8, 4) is 0 Å². The zero-order valence-corrected chi connectivity index (χ0v) is 15.6. The maximum atomic E-state index is 12.7. The van der Waals surface area contributed by atoms with Crippen molar-refractivity contribution in [3.05, 3.63) is 59.7 Å². The molecule has 0 fully saturated rings. The second kappa shape index (κ2) is 8.01. The molecule has 0 radical (unpaired) electrons. The molecule has 0 unspecified atom stereocenters. The molecular weight excluding hydrogens is 399 g/mol. The van der Waals surface area contributed by atoms with Crippen LogP contribution < -0.4 is 5.32 Å². The van der Waals surface area contributed by atoms with E-state index < -0.39 is 39.6 Å². The average molecular weight is 415 g/mol. The van der Waals surface area contributed by atoms with E-state index >= 15 is 0 Å². The van der Waals surface area contributed by atoms with Crippen molar-refractivity contribution in [2.24, 2.45) is 0 Å². The predicted octanol–water partition coefficient (Wildman–Crippen LogP) is 3.29. The lowest BCUT2D eigenvalue weighted by molar-refractivity contribution is -0.137. The van der Waals surface area contributed by atoms with Gasteiger partial charge in [-0.15, -0.1) is 0 Å². The minimum atomic E-state index is -4.57. The van der Waals surface area contributed by atoms with Crippen molar-refractivity contribution in [1.82, 2.24) is 0 Å². The Labute approximate surface area is 159 Å². The summed E-state index contributed by atoms with van der Waals surface area (Å²) in [7, 11) is -3.54. The van der Waals surface area contributed by atoms with Gasteiger partial charge < -0.3 is 10.1 Å². The summed E-state index contributed by atoms with van der Waals surface area (Å²) in [6, 6.07) is 9.07. The second-order valence-electron chi connectivity index (χ2n) is 5.92. The number of halogens is 3. The second-order valence-corrected chi connectivity index (χ2v) is 7.93. The summed E-state index contributed by atoms with van der Waals surface area (Å²) in [6.45, 7) is 1.24. The molecule has 0 aliphatic heterocycles. The molecule has 2 aromatic rings. The van der Waals surface area contributed by atoms with E-state index in [2.05, 4.69) is 5.32 Å². The lowest BCUT2D eigenvalue weighted by atomic mass is 10.2. The number of esters is 1. The molecule has 0 saturated heterocycles. The highest BCUT2D eigenvalue weighted by Crippen LogP contribution is 2.30. The highest BCUT2D eigenvalue weighted by molar-refractivity contribution is 7.90. The Balaban J connectivity index is 2.08. The molecular formula is C18H16F3NO5S. The van der Waals surface area contributed by atoms with Gasteiger partial charge in [0.15, 0.2) is 15.9 Å². The van der Waals surface area contributed by atoms with Gasteiger partial charge in [-0.1, -0.05) is 12.1 Å². The summed E-state index contributed by atoms with van der Waals surface area (Å²) in [5.74, 6) is -1.79. The van der Waals surface area contributed by atoms with Gasteiger partial charge in [-0.3, -0.25) is 4.79 Å². The number of benzene rings is 2. The third-order valence-electron chi connectivity index (χ3n) is 3.61. The topological polar surface area (TPSA) is 89.5 Å². The maximum Gasteiger partial charge on any atom is 0.416 e. The maximum absolute atomic E-state index is 12.7. The molecule has 0 aliphatic rings. The number of rotatable bonds is 5. The van der Waals surface area contributed by atoms with Gasteiger partial charge in [0.2, 0.25) is 0 Å². The number of alkyl halides is 3. The Morgan fingerprint density at radius 3 is 2.32 bits per heavy atom. The number of anilines is 1. The summed E-state index contributed by atoms with van der Waals surface area (Å²) in [6.07, 6.45) is -4.92. The van der Waals surface area contributed by atoms with Crippen molar-refractivity contribution in [1.29, 1.82) is 0 Å². The van der Waals surface area contributed by atoms with Crippen LogP contribution in [0.4, 0.5) is 18.9 Å². The van der Waals surface area contributed by atoms with E-state index in [4.69, 9.17) is 4.74 Å².